The topological polar surface area (TPSA) is 151 Å². The summed E-state index contributed by atoms with van der Waals surface area (Å²) in [6.45, 7) is 0.141. The normalized spacial score (nSPS) is 22.6. The van der Waals surface area contributed by atoms with E-state index in [4.69, 9.17) is 14.6 Å². The van der Waals surface area contributed by atoms with Gasteiger partial charge in [0.15, 0.2) is 5.60 Å². The van der Waals surface area contributed by atoms with E-state index in [0.717, 1.165) is 31.2 Å². The van der Waals surface area contributed by atoms with Crippen LogP contribution in [0.5, 0.6) is 0 Å². The van der Waals surface area contributed by atoms with Crippen LogP contribution in [-0.4, -0.2) is 66.4 Å². The number of carboxylic acid groups (broad SMARTS) is 1. The lowest BCUT2D eigenvalue weighted by Crippen LogP contribution is -2.53. The molecule has 250 valence electrons. The molecule has 1 saturated heterocycles. The Hall–Kier alpha value is -3.99. The maximum atomic E-state index is 13.5. The first-order valence-electron chi connectivity index (χ1n) is 14.7. The number of amides is 1. The van der Waals surface area contributed by atoms with Gasteiger partial charge in [-0.05, 0) is 62.0 Å². The summed E-state index contributed by atoms with van der Waals surface area (Å²) in [5, 5.41) is 27.7. The van der Waals surface area contributed by atoms with Crippen LogP contribution >= 0.6 is 0 Å². The van der Waals surface area contributed by atoms with Crippen molar-refractivity contribution in [3.63, 3.8) is 0 Å². The van der Waals surface area contributed by atoms with Gasteiger partial charge in [-0.2, -0.15) is 31.4 Å². The summed E-state index contributed by atoms with van der Waals surface area (Å²) in [6.07, 6.45) is -3.83. The van der Waals surface area contributed by atoms with Crippen LogP contribution in [0.3, 0.4) is 0 Å². The third-order valence-electron chi connectivity index (χ3n) is 8.35. The van der Waals surface area contributed by atoms with E-state index in [2.05, 4.69) is 25.7 Å². The maximum Gasteiger partial charge on any atom is 0.490 e. The van der Waals surface area contributed by atoms with E-state index in [1.807, 2.05) is 30.3 Å². The average molecular weight is 659 g/mol. The molecule has 3 aliphatic rings. The molecule has 3 aromatic rings. The second kappa shape index (κ2) is 13.0. The number of benzene rings is 1. The summed E-state index contributed by atoms with van der Waals surface area (Å²) in [5.74, 6) is -1.34. The third kappa shape index (κ3) is 8.04. The van der Waals surface area contributed by atoms with Crippen LogP contribution in [0.25, 0.3) is 5.78 Å². The molecule has 6 rings (SSSR count). The van der Waals surface area contributed by atoms with Crippen LogP contribution in [0.1, 0.15) is 67.6 Å². The number of nitrogens with zero attached hydrogens (tertiary/aromatic N) is 4. The number of aliphatic hydroxyl groups is 1. The van der Waals surface area contributed by atoms with Gasteiger partial charge in [0.05, 0.1) is 35.9 Å². The van der Waals surface area contributed by atoms with E-state index >= 15 is 0 Å². The molecule has 17 heteroatoms. The van der Waals surface area contributed by atoms with Crippen molar-refractivity contribution in [2.75, 3.05) is 6.54 Å². The molecule has 1 aromatic carbocycles. The molecule has 3 heterocycles. The lowest BCUT2D eigenvalue weighted by atomic mass is 9.86. The summed E-state index contributed by atoms with van der Waals surface area (Å²) in [6, 6.07) is 8.21. The quantitative estimate of drug-likeness (QED) is 0.248. The summed E-state index contributed by atoms with van der Waals surface area (Å²) < 4.78 is 79.1. The summed E-state index contributed by atoms with van der Waals surface area (Å²) in [4.78, 5) is 30.9. The van der Waals surface area contributed by atoms with Crippen LogP contribution in [0.4, 0.5) is 31.1 Å². The number of carboxylic acids is 1. The molecule has 0 bridgehead atoms. The lowest BCUT2D eigenvalue weighted by Gasteiger charge is -2.38. The smallest absolute Gasteiger partial charge is 0.475 e. The number of rotatable bonds is 8. The molecule has 2 unspecified atom stereocenters. The SMILES string of the molecule is O=C(N[C@H](c1cn2ncc(C3CC(O)(C(F)(F)F)CCN3)nc2n1)C(C1CC1)C1CC1)OCc1ccccc1.O=C(O)C(F)(F)F. The van der Waals surface area contributed by atoms with Gasteiger partial charge in [-0.3, -0.25) is 0 Å². The van der Waals surface area contributed by atoms with Crippen molar-refractivity contribution in [1.82, 2.24) is 30.2 Å². The predicted molar refractivity (Wildman–Crippen MR) is 147 cm³/mol. The Morgan fingerprint density at radius 2 is 1.70 bits per heavy atom. The minimum absolute atomic E-state index is 0.00519. The number of hydrogen-bond donors (Lipinski definition) is 4. The van der Waals surface area contributed by atoms with E-state index in [0.29, 0.717) is 17.5 Å². The molecule has 4 N–H and O–H groups in total. The minimum Gasteiger partial charge on any atom is -0.475 e. The van der Waals surface area contributed by atoms with Gasteiger partial charge < -0.3 is 25.6 Å². The minimum atomic E-state index is -5.08. The number of piperidine rings is 1. The fourth-order valence-electron chi connectivity index (χ4n) is 5.71. The fraction of sp³-hybridized carbons (Fsp3) is 0.552. The molecule has 3 fully saturated rings. The molecule has 2 aromatic heterocycles. The number of ether oxygens (including phenoxy) is 1. The molecule has 2 saturated carbocycles. The Morgan fingerprint density at radius 3 is 2.26 bits per heavy atom. The Bertz CT molecular complexity index is 1520. The maximum absolute atomic E-state index is 13.5. The van der Waals surface area contributed by atoms with Crippen molar-refractivity contribution in [3.05, 3.63) is 59.7 Å². The number of nitrogens with one attached hydrogen (secondary N) is 2. The molecule has 46 heavy (non-hydrogen) atoms. The highest BCUT2D eigenvalue weighted by atomic mass is 19.4. The molecular weight excluding hydrogens is 626 g/mol. The first kappa shape index (κ1) is 33.4. The van der Waals surface area contributed by atoms with Crippen LogP contribution < -0.4 is 10.6 Å². The lowest BCUT2D eigenvalue weighted by molar-refractivity contribution is -0.271. The Labute approximate surface area is 258 Å². The summed E-state index contributed by atoms with van der Waals surface area (Å²) >= 11 is 0. The number of alkyl halides is 6. The fourth-order valence-corrected chi connectivity index (χ4v) is 5.71. The second-order valence-electron chi connectivity index (χ2n) is 11.8. The van der Waals surface area contributed by atoms with Crippen molar-refractivity contribution in [1.29, 1.82) is 0 Å². The molecular formula is C29H32F6N6O5. The molecule has 1 aliphatic heterocycles. The van der Waals surface area contributed by atoms with Gasteiger partial charge >= 0.3 is 24.4 Å². The number of carbonyl (C=O) groups is 2. The van der Waals surface area contributed by atoms with Crippen LogP contribution in [0.15, 0.2) is 42.7 Å². The monoisotopic (exact) mass is 658 g/mol. The molecule has 0 spiro atoms. The van der Waals surface area contributed by atoms with E-state index in [1.54, 1.807) is 6.20 Å². The number of halogens is 6. The van der Waals surface area contributed by atoms with Crippen molar-refractivity contribution in [3.8, 4) is 0 Å². The largest absolute Gasteiger partial charge is 0.490 e. The van der Waals surface area contributed by atoms with Crippen molar-refractivity contribution in [2.45, 2.75) is 75.2 Å². The number of aliphatic carboxylic acids is 1. The molecule has 1 amide bonds. The number of alkyl carbamates (subject to hydrolysis) is 1. The van der Waals surface area contributed by atoms with E-state index in [9.17, 15) is 36.2 Å². The first-order valence-corrected chi connectivity index (χ1v) is 14.7. The zero-order valence-corrected chi connectivity index (χ0v) is 24.3. The summed E-state index contributed by atoms with van der Waals surface area (Å²) in [7, 11) is 0. The predicted octanol–water partition coefficient (Wildman–Crippen LogP) is 4.88. The molecule has 3 atom stereocenters. The molecule has 2 aliphatic carbocycles. The van der Waals surface area contributed by atoms with Crippen LogP contribution in [-0.2, 0) is 16.1 Å². The number of imidazole rings is 1. The first-order chi connectivity index (χ1) is 21.6. The third-order valence-corrected chi connectivity index (χ3v) is 8.35. The van der Waals surface area contributed by atoms with Crippen molar-refractivity contribution in [2.24, 2.45) is 17.8 Å². The highest BCUT2D eigenvalue weighted by Gasteiger charge is 2.56. The van der Waals surface area contributed by atoms with Gasteiger partial charge in [0.25, 0.3) is 5.78 Å². The Kier molecular flexibility index (Phi) is 9.45. The number of hydrogen-bond acceptors (Lipinski definition) is 8. The average Bonchev–Trinajstić information content (AvgIpc) is 3.94. The van der Waals surface area contributed by atoms with Gasteiger partial charge in [0, 0.05) is 6.42 Å². The number of aromatic nitrogens is 4. The Morgan fingerprint density at radius 1 is 1.07 bits per heavy atom. The van der Waals surface area contributed by atoms with Crippen molar-refractivity contribution >= 4 is 17.8 Å². The number of carbonyl (C=O) groups excluding carboxylic acids is 1. The zero-order chi connectivity index (χ0) is 33.3. The van der Waals surface area contributed by atoms with E-state index in [1.165, 1.54) is 10.7 Å². The summed E-state index contributed by atoms with van der Waals surface area (Å²) in [5.41, 5.74) is -1.04. The standard InChI is InChI=1S/C27H31F3N6O3.C2HF3O2/c28-27(29,30)26(38)10-11-31-19(12-26)20-13-32-36-14-21(34-24(36)33-20)23(22(17-6-7-17)18-8-9-18)35-25(37)39-15-16-4-2-1-3-5-16;3-2(4,5)1(6)7/h1-5,13-14,17-19,22-23,31,38H,6-12,15H2,(H,35,37);(H,6,7)/t19?,23-,26?;/m1./s1. The highest BCUT2D eigenvalue weighted by Crippen LogP contribution is 2.54. The van der Waals surface area contributed by atoms with Gasteiger partial charge in [-0.15, -0.1) is 0 Å². The number of fused-ring (bicyclic) bond motifs is 1. The van der Waals surface area contributed by atoms with Gasteiger partial charge in [-0.1, -0.05) is 30.3 Å². The van der Waals surface area contributed by atoms with Crippen LogP contribution in [0, 0.1) is 17.8 Å². The van der Waals surface area contributed by atoms with Gasteiger partial charge in [-0.25, -0.2) is 24.1 Å². The molecule has 0 radical (unpaired) electrons. The van der Waals surface area contributed by atoms with Gasteiger partial charge in [0.1, 0.15) is 6.61 Å². The van der Waals surface area contributed by atoms with E-state index in [-0.39, 0.29) is 30.5 Å². The van der Waals surface area contributed by atoms with Crippen molar-refractivity contribution < 1.29 is 50.9 Å². The second-order valence-corrected chi connectivity index (χ2v) is 11.8. The Balaban J connectivity index is 0.000000537. The zero-order valence-electron chi connectivity index (χ0n) is 24.3. The van der Waals surface area contributed by atoms with E-state index < -0.39 is 54.9 Å². The molecule has 11 nitrogen and oxygen atoms in total. The van der Waals surface area contributed by atoms with Crippen LogP contribution in [0.2, 0.25) is 0 Å². The van der Waals surface area contributed by atoms with Gasteiger partial charge in [0.2, 0.25) is 0 Å². The highest BCUT2D eigenvalue weighted by molar-refractivity contribution is 5.73.